The van der Waals surface area contributed by atoms with Crippen LogP contribution in [0.25, 0.3) is 0 Å². The summed E-state index contributed by atoms with van der Waals surface area (Å²) in [6.07, 6.45) is 0.684. The molecule has 0 radical (unpaired) electrons. The Labute approximate surface area is 133 Å². The highest BCUT2D eigenvalue weighted by Gasteiger charge is 2.11. The van der Waals surface area contributed by atoms with Crippen molar-refractivity contribution in [1.29, 1.82) is 0 Å². The highest BCUT2D eigenvalue weighted by molar-refractivity contribution is 5.95. The minimum Gasteiger partial charge on any atom is -0.497 e. The van der Waals surface area contributed by atoms with E-state index < -0.39 is 11.7 Å². The monoisotopic (exact) mass is 316 g/mol. The summed E-state index contributed by atoms with van der Waals surface area (Å²) >= 11 is 0. The number of amides is 2. The van der Waals surface area contributed by atoms with E-state index in [0.29, 0.717) is 6.42 Å². The number of hydrogen-bond donors (Lipinski definition) is 2. The van der Waals surface area contributed by atoms with E-state index in [1.165, 1.54) is 18.2 Å². The molecule has 0 saturated heterocycles. The maximum absolute atomic E-state index is 13.4. The van der Waals surface area contributed by atoms with Gasteiger partial charge in [0.2, 0.25) is 5.91 Å². The standard InChI is InChI=1S/C17H17FN2O3/c1-23-13-6-4-5-12(11-13)9-10-16(21)19-20-17(22)14-7-2-3-8-15(14)18/h2-8,11H,9-10H2,1H3,(H,19,21)(H,20,22). The van der Waals surface area contributed by atoms with Crippen molar-refractivity contribution < 1.29 is 18.7 Å². The molecule has 0 aliphatic heterocycles. The molecule has 0 fully saturated rings. The van der Waals surface area contributed by atoms with Gasteiger partial charge in [-0.3, -0.25) is 20.4 Å². The van der Waals surface area contributed by atoms with Gasteiger partial charge in [0.1, 0.15) is 11.6 Å². The first-order valence-electron chi connectivity index (χ1n) is 7.07. The molecule has 0 saturated carbocycles. The molecule has 0 atom stereocenters. The maximum Gasteiger partial charge on any atom is 0.272 e. The maximum atomic E-state index is 13.4. The molecule has 2 rings (SSSR count). The van der Waals surface area contributed by atoms with Crippen LogP contribution in [0.4, 0.5) is 4.39 Å². The number of benzene rings is 2. The Bertz CT molecular complexity index is 704. The number of ether oxygens (including phenoxy) is 1. The van der Waals surface area contributed by atoms with Crippen molar-refractivity contribution in [2.75, 3.05) is 7.11 Å². The predicted octanol–water partition coefficient (Wildman–Crippen LogP) is 2.23. The van der Waals surface area contributed by atoms with Crippen molar-refractivity contribution in [3.05, 3.63) is 65.5 Å². The molecule has 0 spiro atoms. The van der Waals surface area contributed by atoms with Crippen LogP contribution in [-0.4, -0.2) is 18.9 Å². The van der Waals surface area contributed by atoms with Crippen molar-refractivity contribution >= 4 is 11.8 Å². The molecule has 0 aliphatic carbocycles. The molecular formula is C17H17FN2O3. The first kappa shape index (κ1) is 16.5. The highest BCUT2D eigenvalue weighted by atomic mass is 19.1. The van der Waals surface area contributed by atoms with Crippen LogP contribution in [0, 0.1) is 5.82 Å². The number of aryl methyl sites for hydroxylation is 1. The molecule has 5 nitrogen and oxygen atoms in total. The minimum atomic E-state index is -0.696. The number of rotatable bonds is 5. The lowest BCUT2D eigenvalue weighted by molar-refractivity contribution is -0.121. The third-order valence-electron chi connectivity index (χ3n) is 3.21. The topological polar surface area (TPSA) is 67.4 Å². The lowest BCUT2D eigenvalue weighted by Gasteiger charge is -2.08. The van der Waals surface area contributed by atoms with Crippen LogP contribution in [0.5, 0.6) is 5.75 Å². The summed E-state index contributed by atoms with van der Waals surface area (Å²) in [5.41, 5.74) is 5.29. The third-order valence-corrected chi connectivity index (χ3v) is 3.21. The zero-order valence-electron chi connectivity index (χ0n) is 12.6. The highest BCUT2D eigenvalue weighted by Crippen LogP contribution is 2.13. The van der Waals surface area contributed by atoms with Gasteiger partial charge in [-0.25, -0.2) is 4.39 Å². The number of halogens is 1. The van der Waals surface area contributed by atoms with Crippen LogP contribution >= 0.6 is 0 Å². The van der Waals surface area contributed by atoms with E-state index in [2.05, 4.69) is 10.9 Å². The molecule has 6 heteroatoms. The van der Waals surface area contributed by atoms with Crippen LogP contribution in [0.2, 0.25) is 0 Å². The number of methoxy groups -OCH3 is 1. The van der Waals surface area contributed by atoms with Gasteiger partial charge in [-0.1, -0.05) is 24.3 Å². The van der Waals surface area contributed by atoms with Crippen LogP contribution in [0.1, 0.15) is 22.3 Å². The summed E-state index contributed by atoms with van der Waals surface area (Å²) in [6.45, 7) is 0. The molecule has 0 bridgehead atoms. The molecule has 23 heavy (non-hydrogen) atoms. The van der Waals surface area contributed by atoms with Gasteiger partial charge in [-0.2, -0.15) is 0 Å². The fourth-order valence-corrected chi connectivity index (χ4v) is 1.99. The molecule has 2 aromatic carbocycles. The second-order valence-electron chi connectivity index (χ2n) is 4.83. The zero-order valence-corrected chi connectivity index (χ0v) is 12.6. The molecular weight excluding hydrogens is 299 g/mol. The van der Waals surface area contributed by atoms with E-state index in [0.717, 1.165) is 11.3 Å². The first-order valence-corrected chi connectivity index (χ1v) is 7.07. The summed E-state index contributed by atoms with van der Waals surface area (Å²) in [6, 6.07) is 12.9. The number of hydrazine groups is 1. The fraction of sp³-hybridized carbons (Fsp3) is 0.176. The number of carbonyl (C=O) groups is 2. The fourth-order valence-electron chi connectivity index (χ4n) is 1.99. The number of hydrogen-bond acceptors (Lipinski definition) is 3. The summed E-state index contributed by atoms with van der Waals surface area (Å²) < 4.78 is 18.5. The van der Waals surface area contributed by atoms with Crippen molar-refractivity contribution in [1.82, 2.24) is 10.9 Å². The minimum absolute atomic E-state index is 0.124. The molecule has 2 N–H and O–H groups in total. The first-order chi connectivity index (χ1) is 11.1. The van der Waals surface area contributed by atoms with E-state index in [1.54, 1.807) is 13.2 Å². The Kier molecular flexibility index (Phi) is 5.68. The SMILES string of the molecule is COc1cccc(CCC(=O)NNC(=O)c2ccccc2F)c1. The Hall–Kier alpha value is -2.89. The number of nitrogens with one attached hydrogen (secondary N) is 2. The van der Waals surface area contributed by atoms with Gasteiger partial charge in [-0.05, 0) is 36.2 Å². The number of carbonyl (C=O) groups excluding carboxylic acids is 2. The molecule has 0 aliphatic rings. The van der Waals surface area contributed by atoms with Gasteiger partial charge >= 0.3 is 0 Å². The summed E-state index contributed by atoms with van der Waals surface area (Å²) in [4.78, 5) is 23.5. The van der Waals surface area contributed by atoms with Crippen molar-refractivity contribution in [2.45, 2.75) is 12.8 Å². The summed E-state index contributed by atoms with van der Waals surface area (Å²) in [5.74, 6) is -0.985. The largest absolute Gasteiger partial charge is 0.497 e. The van der Waals surface area contributed by atoms with E-state index >= 15 is 0 Å². The molecule has 2 aromatic rings. The van der Waals surface area contributed by atoms with Gasteiger partial charge in [0, 0.05) is 6.42 Å². The molecule has 120 valence electrons. The normalized spacial score (nSPS) is 10.0. The average Bonchev–Trinajstić information content (AvgIpc) is 2.58. The van der Waals surface area contributed by atoms with Crippen molar-refractivity contribution in [3.8, 4) is 5.75 Å². The van der Waals surface area contributed by atoms with Crippen molar-refractivity contribution in [2.24, 2.45) is 0 Å². The molecule has 2 amide bonds. The van der Waals surface area contributed by atoms with Gasteiger partial charge in [0.05, 0.1) is 12.7 Å². The Morgan fingerprint density at radius 1 is 1.09 bits per heavy atom. The quantitative estimate of drug-likeness (QED) is 0.831. The van der Waals surface area contributed by atoms with Crippen LogP contribution in [0.15, 0.2) is 48.5 Å². The van der Waals surface area contributed by atoms with Gasteiger partial charge in [0.15, 0.2) is 0 Å². The second-order valence-corrected chi connectivity index (χ2v) is 4.83. The Balaban J connectivity index is 1.81. The van der Waals surface area contributed by atoms with Crippen molar-refractivity contribution in [3.63, 3.8) is 0 Å². The zero-order chi connectivity index (χ0) is 16.7. The van der Waals surface area contributed by atoms with E-state index in [1.807, 2.05) is 24.3 Å². The van der Waals surface area contributed by atoms with Gasteiger partial charge < -0.3 is 4.74 Å². The van der Waals surface area contributed by atoms with Crippen LogP contribution in [0.3, 0.4) is 0 Å². The predicted molar refractivity (Wildman–Crippen MR) is 83.3 cm³/mol. The average molecular weight is 316 g/mol. The van der Waals surface area contributed by atoms with Gasteiger partial charge in [0.25, 0.3) is 5.91 Å². The Morgan fingerprint density at radius 2 is 1.87 bits per heavy atom. The van der Waals surface area contributed by atoms with E-state index in [4.69, 9.17) is 4.74 Å². The summed E-state index contributed by atoms with van der Waals surface area (Å²) in [5, 5.41) is 0. The lowest BCUT2D eigenvalue weighted by Crippen LogP contribution is -2.42. The second kappa shape index (κ2) is 7.93. The van der Waals surface area contributed by atoms with E-state index in [9.17, 15) is 14.0 Å². The van der Waals surface area contributed by atoms with Crippen LogP contribution in [-0.2, 0) is 11.2 Å². The molecule has 0 aromatic heterocycles. The molecule has 0 heterocycles. The van der Waals surface area contributed by atoms with E-state index in [-0.39, 0.29) is 17.9 Å². The smallest absolute Gasteiger partial charge is 0.272 e. The lowest BCUT2D eigenvalue weighted by atomic mass is 10.1. The molecule has 0 unspecified atom stereocenters. The van der Waals surface area contributed by atoms with Gasteiger partial charge in [-0.15, -0.1) is 0 Å². The summed E-state index contributed by atoms with van der Waals surface area (Å²) in [7, 11) is 1.57. The third kappa shape index (κ3) is 4.81. The van der Waals surface area contributed by atoms with Crippen LogP contribution < -0.4 is 15.6 Å². The Morgan fingerprint density at radius 3 is 2.61 bits per heavy atom.